The molecule has 3 aromatic carbocycles. The van der Waals surface area contributed by atoms with Gasteiger partial charge in [0.1, 0.15) is 6.54 Å². The van der Waals surface area contributed by atoms with Gasteiger partial charge in [-0.3, -0.25) is 9.10 Å². The maximum atomic E-state index is 13.4. The zero-order valence-electron chi connectivity index (χ0n) is 18.4. The highest BCUT2D eigenvalue weighted by Gasteiger charge is 2.27. The van der Waals surface area contributed by atoms with E-state index in [0.717, 1.165) is 28.6 Å². The number of carbonyl (C=O) groups excluding carboxylic acids is 1. The van der Waals surface area contributed by atoms with Gasteiger partial charge < -0.3 is 10.2 Å². The lowest BCUT2D eigenvalue weighted by atomic mass is 10.2. The highest BCUT2D eigenvalue weighted by molar-refractivity contribution is 7.92. The van der Waals surface area contributed by atoms with Crippen LogP contribution in [-0.4, -0.2) is 34.0 Å². The van der Waals surface area contributed by atoms with E-state index in [1.54, 1.807) is 48.5 Å². The van der Waals surface area contributed by atoms with Crippen molar-refractivity contribution in [2.24, 2.45) is 0 Å². The van der Waals surface area contributed by atoms with E-state index in [-0.39, 0.29) is 11.4 Å². The van der Waals surface area contributed by atoms with Crippen LogP contribution in [0.1, 0.15) is 18.4 Å². The zero-order chi connectivity index (χ0) is 23.4. The largest absolute Gasteiger partial charge is 0.372 e. The molecule has 0 unspecified atom stereocenters. The van der Waals surface area contributed by atoms with Crippen LogP contribution in [0.3, 0.4) is 0 Å². The predicted molar refractivity (Wildman–Crippen MR) is 134 cm³/mol. The van der Waals surface area contributed by atoms with Gasteiger partial charge in [0.25, 0.3) is 10.0 Å². The lowest BCUT2D eigenvalue weighted by Crippen LogP contribution is -2.38. The van der Waals surface area contributed by atoms with Gasteiger partial charge in [-0.25, -0.2) is 8.42 Å². The number of amides is 1. The van der Waals surface area contributed by atoms with E-state index in [4.69, 9.17) is 11.6 Å². The Morgan fingerprint density at radius 2 is 1.55 bits per heavy atom. The standard InChI is InChI=1S/C25H26ClN3O3S/c1-19-4-14-24(15-5-19)33(31,32)29(23-10-6-20(26)7-11-23)18-25(30)27-21-8-12-22(13-9-21)28-16-2-3-17-28/h4-15H,2-3,16-18H2,1H3,(H,27,30). The number of rotatable bonds is 7. The maximum absolute atomic E-state index is 13.4. The average molecular weight is 484 g/mol. The van der Waals surface area contributed by atoms with Gasteiger partial charge in [0.05, 0.1) is 10.6 Å². The summed E-state index contributed by atoms with van der Waals surface area (Å²) in [5, 5.41) is 3.29. The number of sulfonamides is 1. The summed E-state index contributed by atoms with van der Waals surface area (Å²) in [7, 11) is -3.97. The van der Waals surface area contributed by atoms with Crippen molar-refractivity contribution < 1.29 is 13.2 Å². The molecule has 1 aliphatic rings. The minimum absolute atomic E-state index is 0.116. The van der Waals surface area contributed by atoms with E-state index in [9.17, 15) is 13.2 Å². The molecule has 0 radical (unpaired) electrons. The quantitative estimate of drug-likeness (QED) is 0.508. The molecule has 0 aromatic heterocycles. The van der Waals surface area contributed by atoms with E-state index in [1.165, 1.54) is 12.8 Å². The molecule has 1 amide bonds. The van der Waals surface area contributed by atoms with Gasteiger partial charge in [-0.15, -0.1) is 0 Å². The molecule has 0 bridgehead atoms. The van der Waals surface area contributed by atoms with Crippen LogP contribution >= 0.6 is 11.6 Å². The van der Waals surface area contributed by atoms with Crippen LogP contribution < -0.4 is 14.5 Å². The Labute approximate surface area is 199 Å². The van der Waals surface area contributed by atoms with Gasteiger partial charge >= 0.3 is 0 Å². The Kier molecular flexibility index (Phi) is 6.91. The molecule has 3 aromatic rings. The van der Waals surface area contributed by atoms with Gasteiger partial charge in [0.2, 0.25) is 5.91 Å². The number of benzene rings is 3. The summed E-state index contributed by atoms with van der Waals surface area (Å²) in [6.45, 7) is 3.60. The number of nitrogens with zero attached hydrogens (tertiary/aromatic N) is 2. The summed E-state index contributed by atoms with van der Waals surface area (Å²) < 4.78 is 27.9. The zero-order valence-corrected chi connectivity index (χ0v) is 19.9. The van der Waals surface area contributed by atoms with Crippen molar-refractivity contribution in [1.82, 2.24) is 0 Å². The molecule has 1 heterocycles. The molecule has 0 atom stereocenters. The minimum Gasteiger partial charge on any atom is -0.372 e. The first kappa shape index (κ1) is 23.1. The molecular weight excluding hydrogens is 458 g/mol. The van der Waals surface area contributed by atoms with E-state index in [0.29, 0.717) is 16.4 Å². The van der Waals surface area contributed by atoms with Crippen molar-refractivity contribution in [3.8, 4) is 0 Å². The van der Waals surface area contributed by atoms with Crippen molar-refractivity contribution in [1.29, 1.82) is 0 Å². The number of aryl methyl sites for hydroxylation is 1. The Balaban J connectivity index is 1.55. The summed E-state index contributed by atoms with van der Waals surface area (Å²) in [4.78, 5) is 15.3. The van der Waals surface area contributed by atoms with Gasteiger partial charge in [-0.05, 0) is 80.4 Å². The van der Waals surface area contributed by atoms with E-state index >= 15 is 0 Å². The van der Waals surface area contributed by atoms with Crippen molar-refractivity contribution in [2.75, 3.05) is 34.2 Å². The lowest BCUT2D eigenvalue weighted by Gasteiger charge is -2.24. The summed E-state index contributed by atoms with van der Waals surface area (Å²) in [6.07, 6.45) is 2.38. The molecule has 172 valence electrons. The van der Waals surface area contributed by atoms with Crippen LogP contribution in [0, 0.1) is 6.92 Å². The maximum Gasteiger partial charge on any atom is 0.264 e. The van der Waals surface area contributed by atoms with Gasteiger partial charge in [-0.2, -0.15) is 0 Å². The first-order chi connectivity index (χ1) is 15.8. The molecule has 1 fully saturated rings. The second kappa shape index (κ2) is 9.85. The third-order valence-corrected chi connectivity index (χ3v) is 7.67. The number of hydrogen-bond donors (Lipinski definition) is 1. The molecule has 33 heavy (non-hydrogen) atoms. The van der Waals surface area contributed by atoms with Crippen molar-refractivity contribution in [3.05, 3.63) is 83.4 Å². The van der Waals surface area contributed by atoms with Crippen molar-refractivity contribution in [3.63, 3.8) is 0 Å². The highest BCUT2D eigenvalue weighted by atomic mass is 35.5. The third kappa shape index (κ3) is 5.49. The number of halogens is 1. The van der Waals surface area contributed by atoms with Gasteiger partial charge in [0.15, 0.2) is 0 Å². The smallest absolute Gasteiger partial charge is 0.264 e. The summed E-state index contributed by atoms with van der Waals surface area (Å²) in [5.41, 5.74) is 3.04. The van der Waals surface area contributed by atoms with Crippen LogP contribution in [-0.2, 0) is 14.8 Å². The predicted octanol–water partition coefficient (Wildman–Crippen LogP) is 5.08. The molecule has 1 aliphatic heterocycles. The Morgan fingerprint density at radius 1 is 0.939 bits per heavy atom. The fourth-order valence-electron chi connectivity index (χ4n) is 3.82. The average Bonchev–Trinajstić information content (AvgIpc) is 3.34. The first-order valence-electron chi connectivity index (χ1n) is 10.8. The molecule has 0 spiro atoms. The topological polar surface area (TPSA) is 69.7 Å². The highest BCUT2D eigenvalue weighted by Crippen LogP contribution is 2.26. The van der Waals surface area contributed by atoms with Crippen LogP contribution in [0.5, 0.6) is 0 Å². The molecule has 8 heteroatoms. The van der Waals surface area contributed by atoms with Gasteiger partial charge in [-0.1, -0.05) is 29.3 Å². The molecule has 0 aliphatic carbocycles. The summed E-state index contributed by atoms with van der Waals surface area (Å²) >= 11 is 5.99. The number of anilines is 3. The van der Waals surface area contributed by atoms with Crippen molar-refractivity contribution in [2.45, 2.75) is 24.7 Å². The third-order valence-electron chi connectivity index (χ3n) is 5.63. The van der Waals surface area contributed by atoms with Crippen LogP contribution in [0.4, 0.5) is 17.1 Å². The Bertz CT molecular complexity index is 1210. The number of hydrogen-bond acceptors (Lipinski definition) is 4. The second-order valence-electron chi connectivity index (χ2n) is 8.09. The van der Waals surface area contributed by atoms with Crippen LogP contribution in [0.2, 0.25) is 5.02 Å². The van der Waals surface area contributed by atoms with Crippen LogP contribution in [0.25, 0.3) is 0 Å². The minimum atomic E-state index is -3.97. The Hall–Kier alpha value is -3.03. The SMILES string of the molecule is Cc1ccc(S(=O)(=O)N(CC(=O)Nc2ccc(N3CCCC3)cc2)c2ccc(Cl)cc2)cc1. The van der Waals surface area contributed by atoms with E-state index in [2.05, 4.69) is 10.2 Å². The molecule has 6 nitrogen and oxygen atoms in total. The Morgan fingerprint density at radius 3 is 2.15 bits per heavy atom. The molecule has 1 N–H and O–H groups in total. The number of nitrogens with one attached hydrogen (secondary N) is 1. The van der Waals surface area contributed by atoms with Gasteiger partial charge in [0, 0.05) is 29.5 Å². The summed E-state index contributed by atoms with van der Waals surface area (Å²) in [6, 6.07) is 20.6. The molecule has 0 saturated carbocycles. The monoisotopic (exact) mass is 483 g/mol. The van der Waals surface area contributed by atoms with E-state index in [1.807, 2.05) is 31.2 Å². The van der Waals surface area contributed by atoms with E-state index < -0.39 is 15.9 Å². The normalized spacial score (nSPS) is 13.7. The first-order valence-corrected chi connectivity index (χ1v) is 12.6. The number of carbonyl (C=O) groups is 1. The molecule has 4 rings (SSSR count). The fraction of sp³-hybridized carbons (Fsp3) is 0.240. The fourth-order valence-corrected chi connectivity index (χ4v) is 5.37. The second-order valence-corrected chi connectivity index (χ2v) is 10.4. The molecule has 1 saturated heterocycles. The lowest BCUT2D eigenvalue weighted by molar-refractivity contribution is -0.114. The summed E-state index contributed by atoms with van der Waals surface area (Å²) in [5.74, 6) is -0.436. The molecular formula is C25H26ClN3O3S. The van der Waals surface area contributed by atoms with Crippen molar-refractivity contribution >= 4 is 44.6 Å². The van der Waals surface area contributed by atoms with Crippen LogP contribution in [0.15, 0.2) is 77.7 Å².